The van der Waals surface area contributed by atoms with Crippen molar-refractivity contribution in [2.75, 3.05) is 0 Å². The Bertz CT molecular complexity index is 33.5. The summed E-state index contributed by atoms with van der Waals surface area (Å²) in [5.74, 6) is 0. The van der Waals surface area contributed by atoms with Crippen molar-refractivity contribution in [2.24, 2.45) is 0 Å². The maximum absolute atomic E-state index is 7.75. The third-order valence-corrected chi connectivity index (χ3v) is 0. The van der Waals surface area contributed by atoms with Gasteiger partial charge in [0.25, 0.3) is 0 Å². The molecule has 0 aromatic carbocycles. The summed E-state index contributed by atoms with van der Waals surface area (Å²) in [4.78, 5) is 15.5. The standard InChI is InChI=1S/2CHO.CH3.3ClH.Mo/c2*1-2;;;;;/h2*1H;1H3;3*1H;/q3*-1;;;;+3/p-3. The van der Waals surface area contributed by atoms with E-state index in [4.69, 9.17) is 37.8 Å². The van der Waals surface area contributed by atoms with Crippen molar-refractivity contribution >= 4 is 41.8 Å². The van der Waals surface area contributed by atoms with Gasteiger partial charge in [-0.25, -0.2) is 0 Å². The van der Waals surface area contributed by atoms with Gasteiger partial charge in [0.05, 0.1) is 0 Å². The topological polar surface area (TPSA) is 34.1 Å². The van der Waals surface area contributed by atoms with E-state index in [0.29, 0.717) is 0 Å². The summed E-state index contributed by atoms with van der Waals surface area (Å²) in [6.07, 6.45) is 0. The summed E-state index contributed by atoms with van der Waals surface area (Å²) < 4.78 is 0. The fraction of sp³-hybridized carbons (Fsp3) is 0. The van der Waals surface area contributed by atoms with Gasteiger partial charge in [0, 0.05) is 0 Å². The molecule has 0 unspecified atom stereocenters. The third kappa shape index (κ3) is 525. The van der Waals surface area contributed by atoms with Crippen LogP contribution in [0.2, 0.25) is 0 Å². The molecule has 0 amide bonds. The predicted octanol–water partition coefficient (Wildman–Crippen LogP) is 1.97. The molecule has 0 aliphatic heterocycles. The van der Waals surface area contributed by atoms with Crippen LogP contribution in [0, 0.1) is 7.43 Å². The van der Waals surface area contributed by atoms with E-state index in [-0.39, 0.29) is 7.43 Å². The summed E-state index contributed by atoms with van der Waals surface area (Å²) >= 11 is -1.94. The molecule has 0 saturated carbocycles. The Kier molecular flexibility index (Phi) is 91.4. The maximum atomic E-state index is 7.75. The molecule has 9 heavy (non-hydrogen) atoms. The molecule has 0 rings (SSSR count). The number of rotatable bonds is 0. The van der Waals surface area contributed by atoms with Gasteiger partial charge in [-0.2, -0.15) is 0 Å². The molecule has 0 heterocycles. The first-order chi connectivity index (χ1) is 3.73. The first kappa shape index (κ1) is 22.5. The van der Waals surface area contributed by atoms with Crippen LogP contribution in [0.5, 0.6) is 0 Å². The van der Waals surface area contributed by atoms with Crippen LogP contribution in [0.3, 0.4) is 0 Å². The first-order valence-corrected chi connectivity index (χ1v) is 8.69. The molecule has 0 atom stereocenters. The van der Waals surface area contributed by atoms with Gasteiger partial charge in [0.15, 0.2) is 0 Å². The average Bonchev–Trinajstić information content (AvgIpc) is 1.75. The van der Waals surface area contributed by atoms with Gasteiger partial charge in [-0.15, -0.1) is 0 Å². The number of halogens is 3. The Morgan fingerprint density at radius 2 is 0.889 bits per heavy atom. The van der Waals surface area contributed by atoms with E-state index in [1.54, 1.807) is 0 Å². The van der Waals surface area contributed by atoms with Gasteiger partial charge in [0.1, 0.15) is 0 Å². The van der Waals surface area contributed by atoms with Crippen LogP contribution in [0.4, 0.5) is 0 Å². The number of hydrogen-bond donors (Lipinski definition) is 0. The fourth-order valence-electron chi connectivity index (χ4n) is 0. The van der Waals surface area contributed by atoms with Crippen LogP contribution >= 0.6 is 28.3 Å². The van der Waals surface area contributed by atoms with Crippen LogP contribution in [0.25, 0.3) is 0 Å². The van der Waals surface area contributed by atoms with Crippen molar-refractivity contribution in [2.45, 2.75) is 0 Å². The van der Waals surface area contributed by atoms with Crippen molar-refractivity contribution < 1.29 is 23.8 Å². The number of hydrogen-bond acceptors (Lipinski definition) is 2. The zero-order valence-corrected chi connectivity index (χ0v) is 8.79. The van der Waals surface area contributed by atoms with E-state index >= 15 is 0 Å². The van der Waals surface area contributed by atoms with Gasteiger partial charge in [-0.3, -0.25) is 13.6 Å². The SMILES string of the molecule is [CH-]=O.[CH-]=O.[CH3-].[Cl][Mo]([Cl])[Cl]. The van der Waals surface area contributed by atoms with E-state index < -0.39 is 14.2 Å². The van der Waals surface area contributed by atoms with Gasteiger partial charge >= 0.3 is 42.4 Å². The Balaban J connectivity index is -0.0000000221. The summed E-state index contributed by atoms with van der Waals surface area (Å²) in [6.45, 7) is 6.50. The molecule has 0 fully saturated rings. The van der Waals surface area contributed by atoms with E-state index in [9.17, 15) is 0 Å². The zero-order valence-electron chi connectivity index (χ0n) is 4.51. The van der Waals surface area contributed by atoms with Crippen molar-refractivity contribution in [3.63, 3.8) is 0 Å². The molecule has 6 heteroatoms. The molecule has 0 N–H and O–H groups in total. The molecular weight excluding hydrogens is 270 g/mol. The molecule has 0 radical (unpaired) electrons. The van der Waals surface area contributed by atoms with E-state index in [1.165, 1.54) is 0 Å². The molecular formula is C3H5Cl3MoO2-3. The molecule has 0 saturated heterocycles. The predicted molar refractivity (Wildman–Crippen MR) is 37.5 cm³/mol. The van der Waals surface area contributed by atoms with Crippen molar-refractivity contribution in [1.29, 1.82) is 0 Å². The first-order valence-electron chi connectivity index (χ1n) is 0.934. The molecule has 0 aromatic heterocycles. The average molecular weight is 275 g/mol. The number of carbonyl (C=O) groups excluding carboxylic acids is 2. The van der Waals surface area contributed by atoms with E-state index in [1.807, 2.05) is 0 Å². The summed E-state index contributed by atoms with van der Waals surface area (Å²) in [5.41, 5.74) is 0. The van der Waals surface area contributed by atoms with Crippen molar-refractivity contribution in [3.05, 3.63) is 7.43 Å². The van der Waals surface area contributed by atoms with Crippen molar-refractivity contribution in [1.82, 2.24) is 0 Å². The molecule has 0 aliphatic carbocycles. The molecule has 0 spiro atoms. The Morgan fingerprint density at radius 1 is 0.889 bits per heavy atom. The van der Waals surface area contributed by atoms with Crippen LogP contribution < -0.4 is 0 Å². The zero-order chi connectivity index (χ0) is 7.58. The second kappa shape index (κ2) is 36.5. The second-order valence-electron chi connectivity index (χ2n) is 0.175. The molecule has 0 aromatic rings. The quantitative estimate of drug-likeness (QED) is 0.385. The fourth-order valence-corrected chi connectivity index (χ4v) is 0. The van der Waals surface area contributed by atoms with Gasteiger partial charge in [-0.05, 0) is 0 Å². The van der Waals surface area contributed by atoms with Crippen LogP contribution in [0.15, 0.2) is 0 Å². The Labute approximate surface area is 72.8 Å². The minimum absolute atomic E-state index is 0. The summed E-state index contributed by atoms with van der Waals surface area (Å²) in [5, 5.41) is 0. The van der Waals surface area contributed by atoms with Crippen molar-refractivity contribution in [3.8, 4) is 0 Å². The summed E-state index contributed by atoms with van der Waals surface area (Å²) in [7, 11) is 14.9. The van der Waals surface area contributed by atoms with Gasteiger partial charge < -0.3 is 17.0 Å². The normalized spacial score (nSPS) is 4.89. The second-order valence-corrected chi connectivity index (χ2v) is 9.32. The molecule has 0 aliphatic rings. The van der Waals surface area contributed by atoms with E-state index in [0.717, 1.165) is 0 Å². The third-order valence-electron chi connectivity index (χ3n) is 0. The van der Waals surface area contributed by atoms with E-state index in [2.05, 4.69) is 13.6 Å². The van der Waals surface area contributed by atoms with Gasteiger partial charge in [0.2, 0.25) is 0 Å². The van der Waals surface area contributed by atoms with Crippen LogP contribution in [-0.4, -0.2) is 13.6 Å². The molecule has 59 valence electrons. The molecule has 0 bridgehead atoms. The summed E-state index contributed by atoms with van der Waals surface area (Å²) in [6, 6.07) is 0. The van der Waals surface area contributed by atoms with Crippen LogP contribution in [0.1, 0.15) is 0 Å². The minimum atomic E-state index is -1.94. The Hall–Kier alpha value is 0.898. The Morgan fingerprint density at radius 3 is 0.889 bits per heavy atom. The van der Waals surface area contributed by atoms with Gasteiger partial charge in [-0.1, -0.05) is 0 Å². The monoisotopic (exact) mass is 276 g/mol. The molecule has 2 nitrogen and oxygen atoms in total. The van der Waals surface area contributed by atoms with Crippen LogP contribution in [-0.2, 0) is 23.8 Å².